The molecule has 5 nitrogen and oxygen atoms in total. The van der Waals surface area contributed by atoms with E-state index in [4.69, 9.17) is 4.74 Å². The zero-order valence-electron chi connectivity index (χ0n) is 12.0. The van der Waals surface area contributed by atoms with Gasteiger partial charge in [0.1, 0.15) is 11.3 Å². The van der Waals surface area contributed by atoms with E-state index in [1.54, 1.807) is 20.0 Å². The Bertz CT molecular complexity index is 645. The third-order valence-electron chi connectivity index (χ3n) is 3.12. The number of rotatable bonds is 4. The van der Waals surface area contributed by atoms with Crippen LogP contribution in [0.1, 0.15) is 41.4 Å². The molecule has 20 heavy (non-hydrogen) atoms. The first-order valence-corrected chi connectivity index (χ1v) is 6.45. The number of aromatic nitrogens is 2. The summed E-state index contributed by atoms with van der Waals surface area (Å²) in [6.45, 7) is 5.84. The van der Waals surface area contributed by atoms with E-state index in [9.17, 15) is 9.90 Å². The van der Waals surface area contributed by atoms with E-state index in [1.165, 1.54) is 4.68 Å². The lowest BCUT2D eigenvalue weighted by molar-refractivity contribution is 0.0693. The van der Waals surface area contributed by atoms with E-state index in [0.717, 1.165) is 5.56 Å². The van der Waals surface area contributed by atoms with Gasteiger partial charge in [0, 0.05) is 7.05 Å². The molecule has 0 saturated heterocycles. The van der Waals surface area contributed by atoms with Gasteiger partial charge in [-0.1, -0.05) is 26.0 Å². The van der Waals surface area contributed by atoms with E-state index < -0.39 is 5.97 Å². The first-order chi connectivity index (χ1) is 9.40. The lowest BCUT2D eigenvalue weighted by Crippen LogP contribution is -2.02. The van der Waals surface area contributed by atoms with Gasteiger partial charge >= 0.3 is 5.97 Å². The van der Waals surface area contributed by atoms with E-state index >= 15 is 0 Å². The van der Waals surface area contributed by atoms with Crippen molar-refractivity contribution in [2.24, 2.45) is 7.05 Å². The minimum Gasteiger partial charge on any atom is -0.477 e. The summed E-state index contributed by atoms with van der Waals surface area (Å²) in [4.78, 5) is 11.3. The number of ether oxygens (including phenoxy) is 1. The highest BCUT2D eigenvalue weighted by Gasteiger charge is 2.21. The lowest BCUT2D eigenvalue weighted by atomic mass is 10.0. The number of aryl methyl sites for hydroxylation is 2. The molecule has 0 amide bonds. The van der Waals surface area contributed by atoms with Crippen LogP contribution in [0, 0.1) is 6.92 Å². The molecule has 0 spiro atoms. The summed E-state index contributed by atoms with van der Waals surface area (Å²) < 4.78 is 7.18. The summed E-state index contributed by atoms with van der Waals surface area (Å²) in [7, 11) is 1.67. The molecule has 0 fully saturated rings. The number of hydrogen-bond acceptors (Lipinski definition) is 3. The van der Waals surface area contributed by atoms with Crippen molar-refractivity contribution in [3.8, 4) is 11.6 Å². The van der Waals surface area contributed by atoms with Crippen LogP contribution in [-0.2, 0) is 7.05 Å². The second-order valence-electron chi connectivity index (χ2n) is 5.02. The van der Waals surface area contributed by atoms with Gasteiger partial charge in [-0.2, -0.15) is 5.10 Å². The number of carboxylic acids is 1. The standard InChI is InChI=1S/C15H18N2O3/c1-9(2)11-6-5-7-12(8-11)20-14-13(15(18)19)10(3)16-17(14)4/h5-9H,1-4H3,(H,18,19). The molecule has 2 rings (SSSR count). The van der Waals surface area contributed by atoms with Gasteiger partial charge in [0.15, 0.2) is 0 Å². The first-order valence-electron chi connectivity index (χ1n) is 6.45. The summed E-state index contributed by atoms with van der Waals surface area (Å²) in [6, 6.07) is 7.64. The largest absolute Gasteiger partial charge is 0.477 e. The normalized spacial score (nSPS) is 10.8. The Balaban J connectivity index is 2.40. The zero-order valence-corrected chi connectivity index (χ0v) is 12.0. The molecule has 5 heteroatoms. The first kappa shape index (κ1) is 14.1. The molecule has 0 saturated carbocycles. The van der Waals surface area contributed by atoms with Gasteiger partial charge < -0.3 is 9.84 Å². The quantitative estimate of drug-likeness (QED) is 0.928. The second-order valence-corrected chi connectivity index (χ2v) is 5.02. The number of aromatic carboxylic acids is 1. The average molecular weight is 274 g/mol. The van der Waals surface area contributed by atoms with Crippen LogP contribution in [0.4, 0.5) is 0 Å². The van der Waals surface area contributed by atoms with E-state index in [2.05, 4.69) is 18.9 Å². The van der Waals surface area contributed by atoms with Crippen molar-refractivity contribution in [3.05, 3.63) is 41.1 Å². The molecule has 1 aromatic heterocycles. The van der Waals surface area contributed by atoms with Crippen LogP contribution >= 0.6 is 0 Å². The molecule has 0 atom stereocenters. The Kier molecular flexibility index (Phi) is 3.79. The molecule has 0 aliphatic heterocycles. The molecule has 106 valence electrons. The summed E-state index contributed by atoms with van der Waals surface area (Å²) in [6.07, 6.45) is 0. The number of carbonyl (C=O) groups is 1. The van der Waals surface area contributed by atoms with Gasteiger partial charge in [0.05, 0.1) is 5.69 Å². The molecule has 1 N–H and O–H groups in total. The maximum Gasteiger partial charge on any atom is 0.343 e. The van der Waals surface area contributed by atoms with Crippen LogP contribution in [0.25, 0.3) is 0 Å². The van der Waals surface area contributed by atoms with Crippen LogP contribution < -0.4 is 4.74 Å². The van der Waals surface area contributed by atoms with E-state index in [1.807, 2.05) is 18.2 Å². The smallest absolute Gasteiger partial charge is 0.343 e. The van der Waals surface area contributed by atoms with Gasteiger partial charge in [0.2, 0.25) is 5.88 Å². The van der Waals surface area contributed by atoms with Crippen molar-refractivity contribution in [2.75, 3.05) is 0 Å². The molecule has 1 heterocycles. The molecular formula is C15H18N2O3. The van der Waals surface area contributed by atoms with E-state index in [0.29, 0.717) is 17.4 Å². The van der Waals surface area contributed by atoms with E-state index in [-0.39, 0.29) is 11.4 Å². The fourth-order valence-electron chi connectivity index (χ4n) is 2.05. The molecular weight excluding hydrogens is 256 g/mol. The van der Waals surface area contributed by atoms with Gasteiger partial charge in [-0.15, -0.1) is 0 Å². The number of hydrogen-bond donors (Lipinski definition) is 1. The Morgan fingerprint density at radius 1 is 1.40 bits per heavy atom. The number of benzene rings is 1. The summed E-state index contributed by atoms with van der Waals surface area (Å²) in [5.74, 6) is 0.203. The Morgan fingerprint density at radius 3 is 2.70 bits per heavy atom. The van der Waals surface area contributed by atoms with Crippen molar-refractivity contribution < 1.29 is 14.6 Å². The molecule has 0 aliphatic carbocycles. The van der Waals surface area contributed by atoms with Crippen molar-refractivity contribution in [1.82, 2.24) is 9.78 Å². The highest BCUT2D eigenvalue weighted by atomic mass is 16.5. The highest BCUT2D eigenvalue weighted by molar-refractivity contribution is 5.91. The Hall–Kier alpha value is -2.30. The zero-order chi connectivity index (χ0) is 14.9. The molecule has 0 unspecified atom stereocenters. The van der Waals surface area contributed by atoms with Crippen molar-refractivity contribution >= 4 is 5.97 Å². The monoisotopic (exact) mass is 274 g/mol. The van der Waals surface area contributed by atoms with Crippen molar-refractivity contribution in [1.29, 1.82) is 0 Å². The maximum absolute atomic E-state index is 11.3. The molecule has 1 aromatic carbocycles. The summed E-state index contributed by atoms with van der Waals surface area (Å²) in [5.41, 5.74) is 1.68. The third kappa shape index (κ3) is 2.66. The molecule has 0 radical (unpaired) electrons. The van der Waals surface area contributed by atoms with Crippen molar-refractivity contribution in [2.45, 2.75) is 26.7 Å². The minimum atomic E-state index is -1.04. The fraction of sp³-hybridized carbons (Fsp3) is 0.333. The number of carboxylic acid groups (broad SMARTS) is 1. The predicted molar refractivity (Wildman–Crippen MR) is 75.5 cm³/mol. The minimum absolute atomic E-state index is 0.0995. The van der Waals surface area contributed by atoms with Crippen LogP contribution in [0.2, 0.25) is 0 Å². The highest BCUT2D eigenvalue weighted by Crippen LogP contribution is 2.29. The van der Waals surface area contributed by atoms with Gasteiger partial charge in [0.25, 0.3) is 0 Å². The SMILES string of the molecule is Cc1nn(C)c(Oc2cccc(C(C)C)c2)c1C(=O)O. The third-order valence-corrected chi connectivity index (χ3v) is 3.12. The predicted octanol–water partition coefficient (Wildman–Crippen LogP) is 3.34. The topological polar surface area (TPSA) is 64.4 Å². The van der Waals surface area contributed by atoms with Gasteiger partial charge in [-0.25, -0.2) is 9.48 Å². The Labute approximate surface area is 117 Å². The van der Waals surface area contributed by atoms with Crippen LogP contribution in [0.3, 0.4) is 0 Å². The maximum atomic E-state index is 11.3. The van der Waals surface area contributed by atoms with Crippen LogP contribution in [0.5, 0.6) is 11.6 Å². The van der Waals surface area contributed by atoms with Gasteiger partial charge in [-0.3, -0.25) is 0 Å². The summed E-state index contributed by atoms with van der Waals surface area (Å²) >= 11 is 0. The summed E-state index contributed by atoms with van der Waals surface area (Å²) in [5, 5.41) is 13.3. The molecule has 0 bridgehead atoms. The average Bonchev–Trinajstić information content (AvgIpc) is 2.64. The Morgan fingerprint density at radius 2 is 2.10 bits per heavy atom. The van der Waals surface area contributed by atoms with Crippen LogP contribution in [0.15, 0.2) is 24.3 Å². The second kappa shape index (κ2) is 5.36. The number of nitrogens with zero attached hydrogens (tertiary/aromatic N) is 2. The van der Waals surface area contributed by atoms with Crippen molar-refractivity contribution in [3.63, 3.8) is 0 Å². The van der Waals surface area contributed by atoms with Gasteiger partial charge in [-0.05, 0) is 30.5 Å². The molecule has 0 aliphatic rings. The molecule has 2 aromatic rings. The van der Waals surface area contributed by atoms with Crippen LogP contribution in [-0.4, -0.2) is 20.9 Å². The lowest BCUT2D eigenvalue weighted by Gasteiger charge is -2.10. The fourth-order valence-corrected chi connectivity index (χ4v) is 2.05.